The standard InChI is InChI=1S/C14H16N4O/c1-10(2)18-14(19)5-6-17-13-4-3-11(8-15)12(7-13)9-16/h3-4,7,10,17H,5-6H2,1-2H3,(H,18,19). The molecule has 1 amide bonds. The summed E-state index contributed by atoms with van der Waals surface area (Å²) in [6.07, 6.45) is 0.361. The number of carbonyl (C=O) groups is 1. The Bertz CT molecular complexity index is 537. The molecule has 0 bridgehead atoms. The van der Waals surface area contributed by atoms with E-state index in [0.717, 1.165) is 5.69 Å². The van der Waals surface area contributed by atoms with Gasteiger partial charge in [-0.25, -0.2) is 0 Å². The molecule has 1 rings (SSSR count). The van der Waals surface area contributed by atoms with Crippen LogP contribution in [-0.4, -0.2) is 18.5 Å². The van der Waals surface area contributed by atoms with Gasteiger partial charge in [0, 0.05) is 24.7 Å². The van der Waals surface area contributed by atoms with Crippen LogP contribution in [0.4, 0.5) is 5.69 Å². The van der Waals surface area contributed by atoms with E-state index < -0.39 is 0 Å². The number of benzene rings is 1. The second-order valence-corrected chi connectivity index (χ2v) is 4.38. The van der Waals surface area contributed by atoms with Crippen LogP contribution in [0.15, 0.2) is 18.2 Å². The van der Waals surface area contributed by atoms with Crippen molar-refractivity contribution in [3.63, 3.8) is 0 Å². The fraction of sp³-hybridized carbons (Fsp3) is 0.357. The molecule has 0 saturated heterocycles. The van der Waals surface area contributed by atoms with Gasteiger partial charge in [0.25, 0.3) is 0 Å². The molecule has 2 N–H and O–H groups in total. The van der Waals surface area contributed by atoms with Crippen LogP contribution >= 0.6 is 0 Å². The third-order valence-corrected chi connectivity index (χ3v) is 2.39. The first-order valence-electron chi connectivity index (χ1n) is 6.04. The molecule has 5 heteroatoms. The molecule has 0 atom stereocenters. The van der Waals surface area contributed by atoms with Crippen molar-refractivity contribution in [2.45, 2.75) is 26.3 Å². The van der Waals surface area contributed by atoms with Crippen molar-refractivity contribution in [3.05, 3.63) is 29.3 Å². The van der Waals surface area contributed by atoms with Crippen LogP contribution < -0.4 is 10.6 Å². The third kappa shape index (κ3) is 4.69. The largest absolute Gasteiger partial charge is 0.384 e. The van der Waals surface area contributed by atoms with Crippen molar-refractivity contribution in [3.8, 4) is 12.1 Å². The normalized spacial score (nSPS) is 9.53. The summed E-state index contributed by atoms with van der Waals surface area (Å²) in [5.41, 5.74) is 1.41. The summed E-state index contributed by atoms with van der Waals surface area (Å²) in [7, 11) is 0. The van der Waals surface area contributed by atoms with Gasteiger partial charge < -0.3 is 10.6 Å². The molecule has 0 aliphatic heterocycles. The van der Waals surface area contributed by atoms with Crippen LogP contribution in [-0.2, 0) is 4.79 Å². The molecule has 0 heterocycles. The highest BCUT2D eigenvalue weighted by Gasteiger charge is 2.04. The molecule has 0 saturated carbocycles. The average Bonchev–Trinajstić information content (AvgIpc) is 2.37. The van der Waals surface area contributed by atoms with E-state index in [-0.39, 0.29) is 11.9 Å². The lowest BCUT2D eigenvalue weighted by molar-refractivity contribution is -0.121. The zero-order valence-corrected chi connectivity index (χ0v) is 11.0. The molecule has 5 nitrogen and oxygen atoms in total. The van der Waals surface area contributed by atoms with E-state index in [1.54, 1.807) is 18.2 Å². The Labute approximate surface area is 112 Å². The van der Waals surface area contributed by atoms with Crippen LogP contribution in [0.2, 0.25) is 0 Å². The Balaban J connectivity index is 2.53. The predicted molar refractivity (Wildman–Crippen MR) is 72.3 cm³/mol. The van der Waals surface area contributed by atoms with Gasteiger partial charge in [0.15, 0.2) is 0 Å². The monoisotopic (exact) mass is 256 g/mol. The minimum Gasteiger partial charge on any atom is -0.384 e. The van der Waals surface area contributed by atoms with Gasteiger partial charge in [-0.2, -0.15) is 10.5 Å². The number of amides is 1. The first-order valence-corrected chi connectivity index (χ1v) is 6.04. The zero-order valence-electron chi connectivity index (χ0n) is 11.0. The van der Waals surface area contributed by atoms with Gasteiger partial charge in [-0.15, -0.1) is 0 Å². The summed E-state index contributed by atoms with van der Waals surface area (Å²) in [5.74, 6) is -0.0170. The van der Waals surface area contributed by atoms with Crippen molar-refractivity contribution in [2.24, 2.45) is 0 Å². The Morgan fingerprint density at radius 1 is 1.26 bits per heavy atom. The molecule has 19 heavy (non-hydrogen) atoms. The number of nitrogens with one attached hydrogen (secondary N) is 2. The van der Waals surface area contributed by atoms with E-state index in [4.69, 9.17) is 10.5 Å². The summed E-state index contributed by atoms with van der Waals surface area (Å²) < 4.78 is 0. The smallest absolute Gasteiger partial charge is 0.221 e. The summed E-state index contributed by atoms with van der Waals surface area (Å²) in [5, 5.41) is 23.5. The summed E-state index contributed by atoms with van der Waals surface area (Å²) in [6, 6.07) is 8.98. The van der Waals surface area contributed by atoms with Crippen LogP contribution in [0.25, 0.3) is 0 Å². The lowest BCUT2D eigenvalue weighted by Crippen LogP contribution is -2.31. The second kappa shape index (κ2) is 7.03. The Morgan fingerprint density at radius 3 is 2.53 bits per heavy atom. The van der Waals surface area contributed by atoms with Crippen molar-refractivity contribution >= 4 is 11.6 Å². The third-order valence-electron chi connectivity index (χ3n) is 2.39. The summed E-state index contributed by atoms with van der Waals surface area (Å²) in [4.78, 5) is 11.4. The van der Waals surface area contributed by atoms with Crippen LogP contribution in [0, 0.1) is 22.7 Å². The van der Waals surface area contributed by atoms with Gasteiger partial charge in [0.1, 0.15) is 12.1 Å². The predicted octanol–water partition coefficient (Wildman–Crippen LogP) is 1.76. The van der Waals surface area contributed by atoms with E-state index >= 15 is 0 Å². The van der Waals surface area contributed by atoms with Gasteiger partial charge >= 0.3 is 0 Å². The molecular weight excluding hydrogens is 240 g/mol. The van der Waals surface area contributed by atoms with Gasteiger partial charge in [-0.1, -0.05) is 0 Å². The highest BCUT2D eigenvalue weighted by atomic mass is 16.1. The van der Waals surface area contributed by atoms with Crippen LogP contribution in [0.3, 0.4) is 0 Å². The Morgan fingerprint density at radius 2 is 1.95 bits per heavy atom. The lowest BCUT2D eigenvalue weighted by Gasteiger charge is -2.10. The average molecular weight is 256 g/mol. The minimum atomic E-state index is -0.0170. The Hall–Kier alpha value is -2.53. The topological polar surface area (TPSA) is 88.7 Å². The maximum Gasteiger partial charge on any atom is 0.221 e. The van der Waals surface area contributed by atoms with Crippen LogP contribution in [0.1, 0.15) is 31.4 Å². The summed E-state index contributed by atoms with van der Waals surface area (Å²) in [6.45, 7) is 4.30. The fourth-order valence-corrected chi connectivity index (χ4v) is 1.56. The lowest BCUT2D eigenvalue weighted by atomic mass is 10.1. The molecule has 0 aliphatic carbocycles. The quantitative estimate of drug-likeness (QED) is 0.840. The number of hydrogen-bond acceptors (Lipinski definition) is 4. The molecule has 1 aromatic carbocycles. The van der Waals surface area contributed by atoms with Crippen molar-refractivity contribution in [1.82, 2.24) is 5.32 Å². The molecule has 0 spiro atoms. The molecule has 0 fully saturated rings. The molecular formula is C14H16N4O. The molecule has 98 valence electrons. The van der Waals surface area contributed by atoms with Gasteiger partial charge in [0.05, 0.1) is 11.1 Å². The first-order chi connectivity index (χ1) is 9.06. The van der Waals surface area contributed by atoms with E-state index in [2.05, 4.69) is 10.6 Å². The molecule has 0 aliphatic rings. The highest BCUT2D eigenvalue weighted by molar-refractivity contribution is 5.76. The molecule has 0 unspecified atom stereocenters. The molecule has 0 aromatic heterocycles. The van der Waals surface area contributed by atoms with Crippen molar-refractivity contribution in [2.75, 3.05) is 11.9 Å². The highest BCUT2D eigenvalue weighted by Crippen LogP contribution is 2.14. The van der Waals surface area contributed by atoms with E-state index in [1.165, 1.54) is 0 Å². The van der Waals surface area contributed by atoms with Crippen LogP contribution in [0.5, 0.6) is 0 Å². The number of anilines is 1. The van der Waals surface area contributed by atoms with Gasteiger partial charge in [-0.05, 0) is 32.0 Å². The van der Waals surface area contributed by atoms with Gasteiger partial charge in [0.2, 0.25) is 5.91 Å². The SMILES string of the molecule is CC(C)NC(=O)CCNc1ccc(C#N)c(C#N)c1. The van der Waals surface area contributed by atoms with E-state index in [1.807, 2.05) is 26.0 Å². The van der Waals surface area contributed by atoms with Gasteiger partial charge in [-0.3, -0.25) is 4.79 Å². The zero-order chi connectivity index (χ0) is 14.3. The number of rotatable bonds is 5. The molecule has 0 radical (unpaired) electrons. The van der Waals surface area contributed by atoms with E-state index in [9.17, 15) is 4.79 Å². The minimum absolute atomic E-state index is 0.0170. The van der Waals surface area contributed by atoms with E-state index in [0.29, 0.717) is 24.1 Å². The van der Waals surface area contributed by atoms with Crippen molar-refractivity contribution < 1.29 is 4.79 Å². The maximum absolute atomic E-state index is 11.4. The fourth-order valence-electron chi connectivity index (χ4n) is 1.56. The number of hydrogen-bond donors (Lipinski definition) is 2. The first kappa shape index (κ1) is 14.5. The van der Waals surface area contributed by atoms with Crippen molar-refractivity contribution in [1.29, 1.82) is 10.5 Å². The number of carbonyl (C=O) groups excluding carboxylic acids is 1. The molecule has 1 aromatic rings. The Kier molecular flexibility index (Phi) is 5.37. The maximum atomic E-state index is 11.4. The summed E-state index contributed by atoms with van der Waals surface area (Å²) >= 11 is 0. The number of nitriles is 2. The number of nitrogens with zero attached hydrogens (tertiary/aromatic N) is 2. The second-order valence-electron chi connectivity index (χ2n) is 4.38.